The molecule has 1 amide bonds. The molecule has 1 saturated heterocycles. The Hall–Kier alpha value is -2.12. The molecule has 1 aliphatic heterocycles. The standard InChI is InChI=1S/C18H16BrN3O2S/c1-2-9-22-17(23)16(11-13-5-7-14(19)8-6-13)25-18(22)21-20-12-15-4-3-10-24-15/h2-8,10,12,16H,1,9,11H2/b20-12-,21-18-/t16-/m1/s1. The molecule has 0 bridgehead atoms. The minimum Gasteiger partial charge on any atom is -0.463 e. The monoisotopic (exact) mass is 417 g/mol. The number of carbonyl (C=O) groups excluding carboxylic acids is 1. The van der Waals surface area contributed by atoms with Crippen molar-refractivity contribution < 1.29 is 9.21 Å². The summed E-state index contributed by atoms with van der Waals surface area (Å²) in [5.41, 5.74) is 1.10. The molecule has 1 aromatic heterocycles. The van der Waals surface area contributed by atoms with Crippen molar-refractivity contribution >= 4 is 45.0 Å². The molecular weight excluding hydrogens is 402 g/mol. The molecule has 2 heterocycles. The first-order valence-electron chi connectivity index (χ1n) is 7.65. The van der Waals surface area contributed by atoms with Gasteiger partial charge in [-0.1, -0.05) is 45.9 Å². The van der Waals surface area contributed by atoms with Gasteiger partial charge in [0.25, 0.3) is 0 Å². The summed E-state index contributed by atoms with van der Waals surface area (Å²) in [4.78, 5) is 14.3. The minimum absolute atomic E-state index is 0.0276. The van der Waals surface area contributed by atoms with E-state index in [-0.39, 0.29) is 11.2 Å². The molecule has 0 unspecified atom stereocenters. The van der Waals surface area contributed by atoms with Gasteiger partial charge in [-0.15, -0.1) is 11.7 Å². The second kappa shape index (κ2) is 8.31. The van der Waals surface area contributed by atoms with Gasteiger partial charge in [0.05, 0.1) is 17.7 Å². The van der Waals surface area contributed by atoms with Gasteiger partial charge in [-0.05, 0) is 36.2 Å². The molecule has 1 atom stereocenters. The van der Waals surface area contributed by atoms with E-state index in [9.17, 15) is 4.79 Å². The molecule has 0 spiro atoms. The van der Waals surface area contributed by atoms with E-state index in [0.717, 1.165) is 10.0 Å². The fourth-order valence-corrected chi connectivity index (χ4v) is 3.76. The molecular formula is C18H16BrN3O2S. The molecule has 1 fully saturated rings. The third-order valence-electron chi connectivity index (χ3n) is 3.54. The van der Waals surface area contributed by atoms with Crippen molar-refractivity contribution in [3.8, 4) is 0 Å². The number of furan rings is 1. The maximum atomic E-state index is 12.7. The van der Waals surface area contributed by atoms with Gasteiger partial charge in [-0.3, -0.25) is 9.69 Å². The Morgan fingerprint density at radius 1 is 1.32 bits per heavy atom. The molecule has 0 radical (unpaired) electrons. The van der Waals surface area contributed by atoms with Gasteiger partial charge >= 0.3 is 0 Å². The predicted octanol–water partition coefficient (Wildman–Crippen LogP) is 4.10. The summed E-state index contributed by atoms with van der Waals surface area (Å²) in [5.74, 6) is 0.639. The minimum atomic E-state index is -0.210. The van der Waals surface area contributed by atoms with E-state index in [1.54, 1.807) is 29.4 Å². The number of carbonyl (C=O) groups is 1. The lowest BCUT2D eigenvalue weighted by molar-refractivity contribution is -0.125. The molecule has 5 nitrogen and oxygen atoms in total. The van der Waals surface area contributed by atoms with Crippen LogP contribution in [0.2, 0.25) is 0 Å². The molecule has 0 saturated carbocycles. The summed E-state index contributed by atoms with van der Waals surface area (Å²) in [6.07, 6.45) is 5.42. The van der Waals surface area contributed by atoms with Gasteiger partial charge < -0.3 is 4.42 Å². The first kappa shape index (κ1) is 17.7. The maximum absolute atomic E-state index is 12.7. The van der Waals surface area contributed by atoms with Crippen LogP contribution in [0.15, 0.2) is 74.4 Å². The Bertz CT molecular complexity index is 800. The lowest BCUT2D eigenvalue weighted by atomic mass is 10.1. The van der Waals surface area contributed by atoms with Gasteiger partial charge in [0.2, 0.25) is 5.91 Å². The zero-order valence-corrected chi connectivity index (χ0v) is 15.7. The molecule has 7 heteroatoms. The fourth-order valence-electron chi connectivity index (χ4n) is 2.35. The summed E-state index contributed by atoms with van der Waals surface area (Å²) in [5, 5.41) is 8.59. The molecule has 3 rings (SSSR count). The van der Waals surface area contributed by atoms with Crippen LogP contribution in [0.5, 0.6) is 0 Å². The van der Waals surface area contributed by atoms with E-state index < -0.39 is 0 Å². The van der Waals surface area contributed by atoms with Crippen molar-refractivity contribution in [3.63, 3.8) is 0 Å². The van der Waals surface area contributed by atoms with Gasteiger partial charge in [-0.2, -0.15) is 5.10 Å². The van der Waals surface area contributed by atoms with Gasteiger partial charge in [0.15, 0.2) is 5.17 Å². The van der Waals surface area contributed by atoms with Crippen molar-refractivity contribution in [2.45, 2.75) is 11.7 Å². The van der Waals surface area contributed by atoms with Crippen molar-refractivity contribution in [2.75, 3.05) is 6.54 Å². The number of halogens is 1. The number of rotatable bonds is 6. The summed E-state index contributed by atoms with van der Waals surface area (Å²) in [6.45, 7) is 4.13. The number of nitrogens with zero attached hydrogens (tertiary/aromatic N) is 3. The van der Waals surface area contributed by atoms with Gasteiger partial charge in [0, 0.05) is 11.0 Å². The van der Waals surface area contributed by atoms with E-state index in [2.05, 4.69) is 32.7 Å². The first-order valence-corrected chi connectivity index (χ1v) is 9.32. The molecule has 1 aromatic carbocycles. The summed E-state index contributed by atoms with van der Waals surface area (Å²) in [6, 6.07) is 11.5. The number of hydrogen-bond acceptors (Lipinski definition) is 5. The van der Waals surface area contributed by atoms with Crippen molar-refractivity contribution in [2.24, 2.45) is 10.2 Å². The maximum Gasteiger partial charge on any atom is 0.242 e. The zero-order chi connectivity index (χ0) is 17.6. The third kappa shape index (κ3) is 4.49. The predicted molar refractivity (Wildman–Crippen MR) is 105 cm³/mol. The third-order valence-corrected chi connectivity index (χ3v) is 5.23. The Labute approximate surface area is 158 Å². The highest BCUT2D eigenvalue weighted by Gasteiger charge is 2.37. The number of thioether (sulfide) groups is 1. The van der Waals surface area contributed by atoms with Crippen LogP contribution in [0.25, 0.3) is 0 Å². The van der Waals surface area contributed by atoms with Crippen LogP contribution >= 0.6 is 27.7 Å². The van der Waals surface area contributed by atoms with Crippen LogP contribution in [-0.2, 0) is 11.2 Å². The lowest BCUT2D eigenvalue weighted by Gasteiger charge is -2.12. The summed E-state index contributed by atoms with van der Waals surface area (Å²) in [7, 11) is 0. The van der Waals surface area contributed by atoms with E-state index in [4.69, 9.17) is 4.42 Å². The lowest BCUT2D eigenvalue weighted by Crippen LogP contribution is -2.32. The Morgan fingerprint density at radius 3 is 2.80 bits per heavy atom. The molecule has 25 heavy (non-hydrogen) atoms. The SMILES string of the molecule is C=CCN1C(=O)[C@@H](Cc2ccc(Br)cc2)S/C1=N\N=C/c1ccco1. The van der Waals surface area contributed by atoms with Crippen LogP contribution in [0.4, 0.5) is 0 Å². The number of amidine groups is 1. The smallest absolute Gasteiger partial charge is 0.242 e. The molecule has 2 aromatic rings. The largest absolute Gasteiger partial charge is 0.463 e. The van der Waals surface area contributed by atoms with E-state index in [0.29, 0.717) is 23.9 Å². The van der Waals surface area contributed by atoms with Gasteiger partial charge in [-0.25, -0.2) is 0 Å². The van der Waals surface area contributed by atoms with E-state index >= 15 is 0 Å². The molecule has 0 N–H and O–H groups in total. The summed E-state index contributed by atoms with van der Waals surface area (Å²) >= 11 is 4.85. The van der Waals surface area contributed by atoms with Crippen molar-refractivity contribution in [1.82, 2.24) is 4.90 Å². The Kier molecular flexibility index (Phi) is 5.88. The normalized spacial score (nSPS) is 19.2. The first-order chi connectivity index (χ1) is 12.2. The van der Waals surface area contributed by atoms with E-state index in [1.807, 2.05) is 24.3 Å². The quantitative estimate of drug-likeness (QED) is 0.403. The highest BCUT2D eigenvalue weighted by molar-refractivity contribution is 9.10. The number of benzene rings is 1. The second-order valence-corrected chi connectivity index (χ2v) is 7.40. The summed E-state index contributed by atoms with van der Waals surface area (Å²) < 4.78 is 6.20. The van der Waals surface area contributed by atoms with Crippen molar-refractivity contribution in [3.05, 3.63) is 71.1 Å². The molecule has 1 aliphatic rings. The van der Waals surface area contributed by atoms with Gasteiger partial charge in [0.1, 0.15) is 5.76 Å². The number of hydrogen-bond donors (Lipinski definition) is 0. The fraction of sp³-hybridized carbons (Fsp3) is 0.167. The Balaban J connectivity index is 1.74. The zero-order valence-electron chi connectivity index (χ0n) is 13.3. The average molecular weight is 418 g/mol. The average Bonchev–Trinajstić information content (AvgIpc) is 3.21. The highest BCUT2D eigenvalue weighted by atomic mass is 79.9. The van der Waals surface area contributed by atoms with Crippen molar-refractivity contribution in [1.29, 1.82) is 0 Å². The second-order valence-electron chi connectivity index (χ2n) is 5.32. The van der Waals surface area contributed by atoms with Crippen LogP contribution in [-0.4, -0.2) is 34.0 Å². The molecule has 128 valence electrons. The van der Waals surface area contributed by atoms with E-state index in [1.165, 1.54) is 18.0 Å². The van der Waals surface area contributed by atoms with Crippen LogP contribution in [0.1, 0.15) is 11.3 Å². The van der Waals surface area contributed by atoms with Crippen LogP contribution in [0.3, 0.4) is 0 Å². The number of amides is 1. The Morgan fingerprint density at radius 2 is 2.12 bits per heavy atom. The van der Waals surface area contributed by atoms with Crippen LogP contribution in [0, 0.1) is 0 Å². The highest BCUT2D eigenvalue weighted by Crippen LogP contribution is 2.30. The molecule has 0 aliphatic carbocycles. The topological polar surface area (TPSA) is 58.2 Å². The van der Waals surface area contributed by atoms with Crippen LogP contribution < -0.4 is 0 Å².